The lowest BCUT2D eigenvalue weighted by molar-refractivity contribution is -0.385. The number of nitrogens with zero attached hydrogens (tertiary/aromatic N) is 1. The highest BCUT2D eigenvalue weighted by Crippen LogP contribution is 2.34. The lowest BCUT2D eigenvalue weighted by Gasteiger charge is -2.07. The molecule has 98 valence electrons. The molecule has 0 heterocycles. The van der Waals surface area contributed by atoms with Crippen LogP contribution in [0.2, 0.25) is 5.02 Å². The number of hydrogen-bond acceptors (Lipinski definition) is 3. The Kier molecular flexibility index (Phi) is 4.01. The predicted molar refractivity (Wildman–Crippen MR) is 72.3 cm³/mol. The molecule has 2 rings (SSSR count). The first-order chi connectivity index (χ1) is 8.97. The third-order valence-corrected chi connectivity index (χ3v) is 3.08. The molecule has 0 saturated heterocycles. The Labute approximate surface area is 121 Å². The summed E-state index contributed by atoms with van der Waals surface area (Å²) >= 11 is 8.78. The second-order valence-electron chi connectivity index (χ2n) is 3.55. The monoisotopic (exact) mass is 345 g/mol. The highest BCUT2D eigenvalue weighted by Gasteiger charge is 2.16. The minimum absolute atomic E-state index is 0.00370. The second-order valence-corrected chi connectivity index (χ2v) is 4.84. The van der Waals surface area contributed by atoms with Gasteiger partial charge in [-0.1, -0.05) is 11.6 Å². The molecular formula is C12H6BrClFNO3. The molecule has 0 atom stereocenters. The summed E-state index contributed by atoms with van der Waals surface area (Å²) in [6, 6.07) is 7.90. The van der Waals surface area contributed by atoms with Gasteiger partial charge in [0.1, 0.15) is 11.6 Å². The molecule has 0 amide bonds. The largest absolute Gasteiger partial charge is 0.450 e. The number of nitro groups is 1. The van der Waals surface area contributed by atoms with Gasteiger partial charge in [-0.2, -0.15) is 0 Å². The Morgan fingerprint density at radius 3 is 2.63 bits per heavy atom. The summed E-state index contributed by atoms with van der Waals surface area (Å²) in [5, 5.41) is 11.2. The third-order valence-electron chi connectivity index (χ3n) is 2.24. The van der Waals surface area contributed by atoms with Gasteiger partial charge in [0.15, 0.2) is 0 Å². The van der Waals surface area contributed by atoms with Gasteiger partial charge in [-0.05, 0) is 40.2 Å². The number of benzene rings is 2. The van der Waals surface area contributed by atoms with Crippen LogP contribution in [0.15, 0.2) is 40.9 Å². The van der Waals surface area contributed by atoms with Gasteiger partial charge in [0, 0.05) is 17.2 Å². The number of ether oxygens (including phenoxy) is 1. The Bertz CT molecular complexity index is 651. The van der Waals surface area contributed by atoms with Crippen molar-refractivity contribution in [3.63, 3.8) is 0 Å². The average molecular weight is 347 g/mol. The van der Waals surface area contributed by atoms with Crippen LogP contribution in [0.5, 0.6) is 11.5 Å². The first-order valence-corrected chi connectivity index (χ1v) is 6.21. The van der Waals surface area contributed by atoms with Gasteiger partial charge in [0.2, 0.25) is 5.75 Å². The summed E-state index contributed by atoms with van der Waals surface area (Å²) in [5.74, 6) is -0.192. The molecular weight excluding hydrogens is 340 g/mol. The van der Waals surface area contributed by atoms with E-state index in [9.17, 15) is 14.5 Å². The molecule has 19 heavy (non-hydrogen) atoms. The van der Waals surface area contributed by atoms with E-state index in [0.29, 0.717) is 5.02 Å². The van der Waals surface area contributed by atoms with Crippen molar-refractivity contribution in [3.05, 3.63) is 61.8 Å². The maximum absolute atomic E-state index is 13.1. The molecule has 0 saturated carbocycles. The van der Waals surface area contributed by atoms with E-state index in [4.69, 9.17) is 16.3 Å². The highest BCUT2D eigenvalue weighted by molar-refractivity contribution is 9.10. The number of hydrogen-bond donors (Lipinski definition) is 0. The van der Waals surface area contributed by atoms with Gasteiger partial charge in [0.25, 0.3) is 0 Å². The SMILES string of the molecule is O=[N+]([O-])c1ccc(Cl)cc1Oc1ccc(F)c(Br)c1. The standard InChI is InChI=1S/C12H6BrClFNO3/c13-9-6-8(2-3-10(9)15)19-12-5-7(14)1-4-11(12)16(17)18/h1-6H. The van der Waals surface area contributed by atoms with Crippen molar-refractivity contribution in [3.8, 4) is 11.5 Å². The van der Waals surface area contributed by atoms with E-state index >= 15 is 0 Å². The maximum Gasteiger partial charge on any atom is 0.311 e. The van der Waals surface area contributed by atoms with Crippen molar-refractivity contribution in [1.29, 1.82) is 0 Å². The Hall–Kier alpha value is -1.66. The first kappa shape index (κ1) is 13.8. The lowest BCUT2D eigenvalue weighted by atomic mass is 10.3. The Morgan fingerprint density at radius 2 is 2.00 bits per heavy atom. The van der Waals surface area contributed by atoms with E-state index in [2.05, 4.69) is 15.9 Å². The van der Waals surface area contributed by atoms with Gasteiger partial charge in [-0.3, -0.25) is 10.1 Å². The highest BCUT2D eigenvalue weighted by atomic mass is 79.9. The van der Waals surface area contributed by atoms with Crippen LogP contribution in [0.1, 0.15) is 0 Å². The quantitative estimate of drug-likeness (QED) is 0.584. The van der Waals surface area contributed by atoms with Crippen molar-refractivity contribution in [2.75, 3.05) is 0 Å². The lowest BCUT2D eigenvalue weighted by Crippen LogP contribution is -1.93. The van der Waals surface area contributed by atoms with Crippen molar-refractivity contribution in [1.82, 2.24) is 0 Å². The molecule has 0 aliphatic carbocycles. The summed E-state index contributed by atoms with van der Waals surface area (Å²) in [6.45, 7) is 0. The van der Waals surface area contributed by atoms with Crippen molar-refractivity contribution in [2.45, 2.75) is 0 Å². The third kappa shape index (κ3) is 3.21. The van der Waals surface area contributed by atoms with E-state index < -0.39 is 10.7 Å². The maximum atomic E-state index is 13.1. The predicted octanol–water partition coefficient (Wildman–Crippen LogP) is 4.94. The molecule has 0 aromatic heterocycles. The van der Waals surface area contributed by atoms with Gasteiger partial charge < -0.3 is 4.74 Å². The topological polar surface area (TPSA) is 52.4 Å². The average Bonchev–Trinajstić information content (AvgIpc) is 2.33. The summed E-state index contributed by atoms with van der Waals surface area (Å²) < 4.78 is 18.6. The molecule has 0 aliphatic rings. The minimum atomic E-state index is -0.579. The summed E-state index contributed by atoms with van der Waals surface area (Å²) in [7, 11) is 0. The number of rotatable bonds is 3. The molecule has 0 unspecified atom stereocenters. The van der Waals surface area contributed by atoms with Crippen molar-refractivity contribution in [2.24, 2.45) is 0 Å². The number of nitro benzene ring substituents is 1. The van der Waals surface area contributed by atoms with Crippen LogP contribution in [0.4, 0.5) is 10.1 Å². The molecule has 0 bridgehead atoms. The fourth-order valence-corrected chi connectivity index (χ4v) is 1.91. The molecule has 0 N–H and O–H groups in total. The smallest absolute Gasteiger partial charge is 0.311 e. The van der Waals surface area contributed by atoms with Gasteiger partial charge >= 0.3 is 5.69 Å². The molecule has 4 nitrogen and oxygen atoms in total. The van der Waals surface area contributed by atoms with Gasteiger partial charge in [-0.15, -0.1) is 0 Å². The van der Waals surface area contributed by atoms with Crippen LogP contribution in [0.3, 0.4) is 0 Å². The molecule has 2 aromatic carbocycles. The van der Waals surface area contributed by atoms with Gasteiger partial charge in [0.05, 0.1) is 9.40 Å². The van der Waals surface area contributed by atoms with E-state index in [1.807, 2.05) is 0 Å². The van der Waals surface area contributed by atoms with E-state index in [1.165, 1.54) is 36.4 Å². The minimum Gasteiger partial charge on any atom is -0.450 e. The second kappa shape index (κ2) is 5.54. The van der Waals surface area contributed by atoms with E-state index in [1.54, 1.807) is 0 Å². The summed E-state index contributed by atoms with van der Waals surface area (Å²) in [5.41, 5.74) is -0.218. The van der Waals surface area contributed by atoms with Crippen LogP contribution in [-0.4, -0.2) is 4.92 Å². The summed E-state index contributed by atoms with van der Waals surface area (Å²) in [4.78, 5) is 10.3. The zero-order valence-electron chi connectivity index (χ0n) is 9.27. The van der Waals surface area contributed by atoms with Crippen LogP contribution in [-0.2, 0) is 0 Å². The van der Waals surface area contributed by atoms with Crippen molar-refractivity contribution < 1.29 is 14.1 Å². The van der Waals surface area contributed by atoms with Crippen LogP contribution >= 0.6 is 27.5 Å². The normalized spacial score (nSPS) is 10.3. The molecule has 2 aromatic rings. The van der Waals surface area contributed by atoms with E-state index in [0.717, 1.165) is 0 Å². The van der Waals surface area contributed by atoms with Crippen LogP contribution in [0, 0.1) is 15.9 Å². The zero-order chi connectivity index (χ0) is 14.0. The van der Waals surface area contributed by atoms with Gasteiger partial charge in [-0.25, -0.2) is 4.39 Å². The molecule has 0 aliphatic heterocycles. The van der Waals surface area contributed by atoms with Crippen molar-refractivity contribution >= 4 is 33.2 Å². The van der Waals surface area contributed by atoms with Crippen LogP contribution in [0.25, 0.3) is 0 Å². The fraction of sp³-hybridized carbons (Fsp3) is 0. The summed E-state index contributed by atoms with van der Waals surface area (Å²) in [6.07, 6.45) is 0. The van der Waals surface area contributed by atoms with E-state index in [-0.39, 0.29) is 21.7 Å². The number of halogens is 3. The first-order valence-electron chi connectivity index (χ1n) is 5.04. The fourth-order valence-electron chi connectivity index (χ4n) is 1.39. The molecule has 0 fully saturated rings. The molecule has 7 heteroatoms. The Balaban J connectivity index is 2.39. The molecule has 0 spiro atoms. The zero-order valence-corrected chi connectivity index (χ0v) is 11.6. The Morgan fingerprint density at radius 1 is 1.26 bits per heavy atom. The van der Waals surface area contributed by atoms with Crippen LogP contribution < -0.4 is 4.74 Å². The molecule has 0 radical (unpaired) electrons.